The number of nitrogens with zero attached hydrogens (tertiary/aromatic N) is 1. The second-order valence-corrected chi connectivity index (χ2v) is 6.30. The van der Waals surface area contributed by atoms with Gasteiger partial charge in [0.15, 0.2) is 17.7 Å². The van der Waals surface area contributed by atoms with Crippen LogP contribution in [0.5, 0.6) is 5.75 Å². The Morgan fingerprint density at radius 3 is 2.38 bits per heavy atom. The highest BCUT2D eigenvalue weighted by Gasteiger charge is 2.33. The Morgan fingerprint density at radius 1 is 1.25 bits per heavy atom. The summed E-state index contributed by atoms with van der Waals surface area (Å²) in [7, 11) is 0. The maximum absolute atomic E-state index is 13.8. The van der Waals surface area contributed by atoms with Crippen molar-refractivity contribution in [1.29, 1.82) is 0 Å². The number of benzene rings is 1. The van der Waals surface area contributed by atoms with Crippen LogP contribution in [0.15, 0.2) is 18.2 Å². The number of carbonyl (C=O) groups excluding carboxylic acids is 1. The number of hydrogen-bond donors (Lipinski definition) is 1. The zero-order valence-corrected chi connectivity index (χ0v) is 13.7. The summed E-state index contributed by atoms with van der Waals surface area (Å²) in [6.07, 6.45) is -0.139. The molecular formula is C17H21F2NO4. The van der Waals surface area contributed by atoms with E-state index < -0.39 is 29.6 Å². The second kappa shape index (κ2) is 7.59. The number of carbonyl (C=O) groups is 2. The predicted octanol–water partition coefficient (Wildman–Crippen LogP) is 2.69. The normalized spacial score (nSPS) is 17.0. The average Bonchev–Trinajstić information content (AvgIpc) is 2.53. The Bertz CT molecular complexity index is 613. The van der Waals surface area contributed by atoms with Crippen molar-refractivity contribution in [3.63, 3.8) is 0 Å². The second-order valence-electron chi connectivity index (χ2n) is 6.30. The van der Waals surface area contributed by atoms with Gasteiger partial charge in [0.05, 0.1) is 5.92 Å². The molecule has 0 spiro atoms. The van der Waals surface area contributed by atoms with E-state index in [2.05, 4.69) is 0 Å². The van der Waals surface area contributed by atoms with Crippen LogP contribution in [0.1, 0.15) is 26.7 Å². The van der Waals surface area contributed by atoms with Crippen molar-refractivity contribution < 1.29 is 28.2 Å². The van der Waals surface area contributed by atoms with Gasteiger partial charge in [-0.05, 0) is 30.9 Å². The number of carboxylic acid groups (broad SMARTS) is 1. The quantitative estimate of drug-likeness (QED) is 0.894. The molecule has 1 aliphatic heterocycles. The van der Waals surface area contributed by atoms with Crippen molar-refractivity contribution in [2.24, 2.45) is 11.8 Å². The molecule has 1 aromatic carbocycles. The molecule has 0 saturated carbocycles. The van der Waals surface area contributed by atoms with Crippen LogP contribution in [0.4, 0.5) is 8.78 Å². The van der Waals surface area contributed by atoms with E-state index in [1.807, 2.05) is 0 Å². The van der Waals surface area contributed by atoms with Crippen LogP contribution in [-0.2, 0) is 9.59 Å². The number of piperidine rings is 1. The topological polar surface area (TPSA) is 66.8 Å². The first-order chi connectivity index (χ1) is 11.3. The van der Waals surface area contributed by atoms with Crippen molar-refractivity contribution >= 4 is 11.9 Å². The Morgan fingerprint density at radius 2 is 1.88 bits per heavy atom. The molecule has 1 saturated heterocycles. The summed E-state index contributed by atoms with van der Waals surface area (Å²) in [6, 6.07) is 2.93. The smallest absolute Gasteiger partial charge is 0.306 e. The van der Waals surface area contributed by atoms with Crippen molar-refractivity contribution in [2.75, 3.05) is 13.1 Å². The van der Waals surface area contributed by atoms with Gasteiger partial charge in [0.2, 0.25) is 0 Å². The van der Waals surface area contributed by atoms with Gasteiger partial charge in [0.1, 0.15) is 5.82 Å². The molecule has 0 radical (unpaired) electrons. The summed E-state index contributed by atoms with van der Waals surface area (Å²) in [5.41, 5.74) is 0. The van der Waals surface area contributed by atoms with Crippen LogP contribution >= 0.6 is 0 Å². The molecule has 1 atom stereocenters. The predicted molar refractivity (Wildman–Crippen MR) is 82.6 cm³/mol. The molecule has 2 rings (SSSR count). The van der Waals surface area contributed by atoms with Gasteiger partial charge in [-0.1, -0.05) is 13.8 Å². The highest BCUT2D eigenvalue weighted by Crippen LogP contribution is 2.24. The lowest BCUT2D eigenvalue weighted by Crippen LogP contribution is -2.48. The molecule has 5 nitrogen and oxygen atoms in total. The van der Waals surface area contributed by atoms with Gasteiger partial charge in [-0.3, -0.25) is 9.59 Å². The van der Waals surface area contributed by atoms with Crippen molar-refractivity contribution in [3.05, 3.63) is 29.8 Å². The molecule has 1 fully saturated rings. The molecule has 0 aromatic heterocycles. The monoisotopic (exact) mass is 341 g/mol. The summed E-state index contributed by atoms with van der Waals surface area (Å²) in [5, 5.41) is 9.01. The molecule has 1 aromatic rings. The minimum atomic E-state index is -0.911. The molecule has 1 aliphatic rings. The molecule has 1 N–H and O–H groups in total. The first-order valence-electron chi connectivity index (χ1n) is 7.93. The van der Waals surface area contributed by atoms with E-state index in [4.69, 9.17) is 9.84 Å². The fraction of sp³-hybridized carbons (Fsp3) is 0.529. The minimum Gasteiger partial charge on any atom is -0.481 e. The van der Waals surface area contributed by atoms with E-state index in [0.29, 0.717) is 32.0 Å². The maximum Gasteiger partial charge on any atom is 0.306 e. The summed E-state index contributed by atoms with van der Waals surface area (Å²) >= 11 is 0. The zero-order valence-electron chi connectivity index (χ0n) is 13.7. The molecule has 1 heterocycles. The number of ether oxygens (including phenoxy) is 1. The summed E-state index contributed by atoms with van der Waals surface area (Å²) in [6.45, 7) is 4.20. The van der Waals surface area contributed by atoms with Crippen LogP contribution in [0.3, 0.4) is 0 Å². The highest BCUT2D eigenvalue weighted by molar-refractivity contribution is 5.82. The Balaban J connectivity index is 2.07. The maximum atomic E-state index is 13.8. The summed E-state index contributed by atoms with van der Waals surface area (Å²) < 4.78 is 32.2. The number of hydrogen-bond acceptors (Lipinski definition) is 3. The van der Waals surface area contributed by atoms with Gasteiger partial charge in [-0.2, -0.15) is 0 Å². The minimum absolute atomic E-state index is 0.177. The molecule has 0 bridgehead atoms. The average molecular weight is 341 g/mol. The van der Waals surface area contributed by atoms with E-state index in [1.54, 1.807) is 18.7 Å². The molecule has 7 heteroatoms. The van der Waals surface area contributed by atoms with Crippen LogP contribution < -0.4 is 4.74 Å². The molecule has 132 valence electrons. The number of likely N-dealkylation sites (tertiary alicyclic amines) is 1. The van der Waals surface area contributed by atoms with Gasteiger partial charge in [-0.25, -0.2) is 8.78 Å². The van der Waals surface area contributed by atoms with Gasteiger partial charge < -0.3 is 14.7 Å². The van der Waals surface area contributed by atoms with E-state index in [0.717, 1.165) is 12.1 Å². The fourth-order valence-electron chi connectivity index (χ4n) is 2.71. The lowest BCUT2D eigenvalue weighted by Gasteiger charge is -2.34. The largest absolute Gasteiger partial charge is 0.481 e. The SMILES string of the molecule is CC(C)C(Oc1ccc(F)cc1F)C(=O)N1CCC(C(=O)O)CC1. The molecule has 1 amide bonds. The lowest BCUT2D eigenvalue weighted by molar-refractivity contribution is -0.148. The van der Waals surface area contributed by atoms with Crippen LogP contribution in [0, 0.1) is 23.5 Å². The molecule has 0 aliphatic carbocycles. The van der Waals surface area contributed by atoms with Crippen molar-refractivity contribution in [1.82, 2.24) is 4.90 Å². The number of aliphatic carboxylic acids is 1. The number of halogens is 2. The van der Waals surface area contributed by atoms with E-state index in [1.165, 1.54) is 0 Å². The third-order valence-electron chi connectivity index (χ3n) is 4.15. The Hall–Kier alpha value is -2.18. The zero-order chi connectivity index (χ0) is 17.9. The third kappa shape index (κ3) is 4.21. The van der Waals surface area contributed by atoms with Crippen molar-refractivity contribution in [2.45, 2.75) is 32.8 Å². The first kappa shape index (κ1) is 18.2. The van der Waals surface area contributed by atoms with E-state index in [-0.39, 0.29) is 17.6 Å². The van der Waals surface area contributed by atoms with Gasteiger partial charge in [0, 0.05) is 19.2 Å². The molecule has 24 heavy (non-hydrogen) atoms. The summed E-state index contributed by atoms with van der Waals surface area (Å²) in [4.78, 5) is 25.2. The van der Waals surface area contributed by atoms with E-state index >= 15 is 0 Å². The lowest BCUT2D eigenvalue weighted by atomic mass is 9.96. The van der Waals surface area contributed by atoms with Gasteiger partial charge in [0.25, 0.3) is 5.91 Å². The molecule has 1 unspecified atom stereocenters. The van der Waals surface area contributed by atoms with Crippen LogP contribution in [0.25, 0.3) is 0 Å². The van der Waals surface area contributed by atoms with Crippen LogP contribution in [0.2, 0.25) is 0 Å². The standard InChI is InChI=1S/C17H21F2NO4/c1-10(2)15(24-14-4-3-12(18)9-13(14)19)16(21)20-7-5-11(6-8-20)17(22)23/h3-4,9-11,15H,5-8H2,1-2H3,(H,22,23). The number of amides is 1. The van der Waals surface area contributed by atoms with Crippen LogP contribution in [-0.4, -0.2) is 41.1 Å². The third-order valence-corrected chi connectivity index (χ3v) is 4.15. The Kier molecular flexibility index (Phi) is 5.75. The Labute approximate surface area is 139 Å². The summed E-state index contributed by atoms with van der Waals surface area (Å²) in [5.74, 6) is -3.59. The highest BCUT2D eigenvalue weighted by atomic mass is 19.1. The molecular weight excluding hydrogens is 320 g/mol. The van der Waals surface area contributed by atoms with Gasteiger partial charge in [-0.15, -0.1) is 0 Å². The van der Waals surface area contributed by atoms with Gasteiger partial charge >= 0.3 is 5.97 Å². The number of rotatable bonds is 5. The number of carboxylic acids is 1. The van der Waals surface area contributed by atoms with Crippen molar-refractivity contribution in [3.8, 4) is 5.75 Å². The fourth-order valence-corrected chi connectivity index (χ4v) is 2.71. The first-order valence-corrected chi connectivity index (χ1v) is 7.93. The van der Waals surface area contributed by atoms with E-state index in [9.17, 15) is 18.4 Å².